The first-order valence-corrected chi connectivity index (χ1v) is 6.58. The maximum atomic E-state index is 5.68. The minimum atomic E-state index is 0.569. The summed E-state index contributed by atoms with van der Waals surface area (Å²) in [6.45, 7) is 1.33. The molecule has 0 aliphatic rings. The van der Waals surface area contributed by atoms with Gasteiger partial charge in [0.25, 0.3) is 0 Å². The molecule has 0 aliphatic carbocycles. The van der Waals surface area contributed by atoms with Gasteiger partial charge in [0.1, 0.15) is 4.60 Å². The van der Waals surface area contributed by atoms with Crippen molar-refractivity contribution in [3.8, 4) is 0 Å². The molecule has 0 aliphatic heterocycles. The Kier molecular flexibility index (Phi) is 3.93. The molecule has 0 unspecified atom stereocenters. The van der Waals surface area contributed by atoms with Crippen LogP contribution in [0.25, 0.3) is 0 Å². The largest absolute Gasteiger partial charge is 0.357 e. The Morgan fingerprint density at radius 1 is 1.31 bits per heavy atom. The first kappa shape index (κ1) is 11.6. The molecule has 0 atom stereocenters. The molecular weight excluding hydrogens is 286 g/mol. The van der Waals surface area contributed by atoms with Crippen LogP contribution in [-0.4, -0.2) is 4.98 Å². The zero-order chi connectivity index (χ0) is 11.4. The Bertz CT molecular complexity index is 470. The number of halogens is 1. The second kappa shape index (κ2) is 5.43. The van der Waals surface area contributed by atoms with Crippen LogP contribution < -0.4 is 11.1 Å². The third-order valence-corrected chi connectivity index (χ3v) is 3.75. The van der Waals surface area contributed by atoms with E-state index in [1.165, 1.54) is 11.1 Å². The molecule has 1 aromatic heterocycles. The number of nitrogens with zero attached hydrogens (tertiary/aromatic N) is 1. The minimum absolute atomic E-state index is 0.569. The molecule has 0 saturated carbocycles. The smallest absolute Gasteiger partial charge is 0.184 e. The first-order valence-electron chi connectivity index (χ1n) is 4.91. The van der Waals surface area contributed by atoms with Crippen molar-refractivity contribution in [1.29, 1.82) is 0 Å². The van der Waals surface area contributed by atoms with Crippen molar-refractivity contribution < 1.29 is 0 Å². The van der Waals surface area contributed by atoms with E-state index in [9.17, 15) is 0 Å². The molecule has 84 valence electrons. The molecule has 5 heteroatoms. The quantitative estimate of drug-likeness (QED) is 0.912. The molecule has 2 rings (SSSR count). The van der Waals surface area contributed by atoms with E-state index < -0.39 is 0 Å². The van der Waals surface area contributed by atoms with E-state index in [0.29, 0.717) is 6.54 Å². The van der Waals surface area contributed by atoms with Crippen molar-refractivity contribution in [3.05, 3.63) is 45.4 Å². The number of anilines is 1. The van der Waals surface area contributed by atoms with Crippen molar-refractivity contribution in [1.82, 2.24) is 4.98 Å². The molecule has 0 spiro atoms. The van der Waals surface area contributed by atoms with E-state index in [-0.39, 0.29) is 0 Å². The van der Waals surface area contributed by atoms with E-state index >= 15 is 0 Å². The lowest BCUT2D eigenvalue weighted by Gasteiger charge is -2.07. The zero-order valence-electron chi connectivity index (χ0n) is 8.61. The first-order chi connectivity index (χ1) is 7.79. The summed E-state index contributed by atoms with van der Waals surface area (Å²) in [6.07, 6.45) is 0. The summed E-state index contributed by atoms with van der Waals surface area (Å²) in [7, 11) is 0. The number of hydrogen-bond donors (Lipinski definition) is 2. The van der Waals surface area contributed by atoms with Gasteiger partial charge in [-0.2, -0.15) is 0 Å². The van der Waals surface area contributed by atoms with Gasteiger partial charge in [0.05, 0.1) is 0 Å². The van der Waals surface area contributed by atoms with Crippen LogP contribution in [0, 0.1) is 0 Å². The summed E-state index contributed by atoms with van der Waals surface area (Å²) >= 11 is 4.91. The molecule has 0 fully saturated rings. The topological polar surface area (TPSA) is 50.9 Å². The maximum Gasteiger partial charge on any atom is 0.184 e. The third kappa shape index (κ3) is 2.81. The molecule has 3 N–H and O–H groups in total. The Hall–Kier alpha value is -0.910. The summed E-state index contributed by atoms with van der Waals surface area (Å²) in [5.74, 6) is 0. The lowest BCUT2D eigenvalue weighted by atomic mass is 10.1. The third-order valence-electron chi connectivity index (χ3n) is 2.24. The lowest BCUT2D eigenvalue weighted by Crippen LogP contribution is -2.05. The van der Waals surface area contributed by atoms with Gasteiger partial charge in [0.2, 0.25) is 0 Å². The van der Waals surface area contributed by atoms with Gasteiger partial charge in [-0.15, -0.1) is 11.3 Å². The number of hydrogen-bond acceptors (Lipinski definition) is 4. The summed E-state index contributed by atoms with van der Waals surface area (Å²) in [4.78, 5) is 4.27. The summed E-state index contributed by atoms with van der Waals surface area (Å²) in [5, 5.41) is 6.15. The predicted octanol–water partition coefficient (Wildman–Crippen LogP) is 2.98. The van der Waals surface area contributed by atoms with Gasteiger partial charge in [-0.25, -0.2) is 4.98 Å². The number of nitrogens with one attached hydrogen (secondary N) is 1. The van der Waals surface area contributed by atoms with Crippen molar-refractivity contribution in [2.24, 2.45) is 5.73 Å². The Morgan fingerprint density at radius 2 is 2.06 bits per heavy atom. The van der Waals surface area contributed by atoms with Crippen LogP contribution in [0.15, 0.2) is 34.2 Å². The lowest BCUT2D eigenvalue weighted by molar-refractivity contribution is 1.01. The standard InChI is InChI=1S/C11H12BrN3S/c12-10-7-16-11(15-10)14-6-9-4-2-1-3-8(9)5-13/h1-4,7H,5-6,13H2,(H,14,15). The number of rotatable bonds is 4. The molecule has 0 saturated heterocycles. The second-order valence-electron chi connectivity index (χ2n) is 3.30. The molecule has 1 heterocycles. The zero-order valence-corrected chi connectivity index (χ0v) is 11.0. The SMILES string of the molecule is NCc1ccccc1CNc1nc(Br)cs1. The molecule has 3 nitrogen and oxygen atoms in total. The highest BCUT2D eigenvalue weighted by Gasteiger charge is 2.02. The summed E-state index contributed by atoms with van der Waals surface area (Å²) in [6, 6.07) is 8.16. The van der Waals surface area contributed by atoms with Gasteiger partial charge in [-0.1, -0.05) is 24.3 Å². The van der Waals surface area contributed by atoms with Crippen LogP contribution in [0.3, 0.4) is 0 Å². The molecule has 16 heavy (non-hydrogen) atoms. The fourth-order valence-corrected chi connectivity index (χ4v) is 2.58. The van der Waals surface area contributed by atoms with Gasteiger partial charge in [-0.05, 0) is 27.1 Å². The molecule has 1 aromatic carbocycles. The van der Waals surface area contributed by atoms with Crippen LogP contribution >= 0.6 is 27.3 Å². The normalized spacial score (nSPS) is 10.4. The van der Waals surface area contributed by atoms with E-state index in [1.54, 1.807) is 11.3 Å². The maximum absolute atomic E-state index is 5.68. The number of nitrogens with two attached hydrogens (primary N) is 1. The molecule has 0 radical (unpaired) electrons. The van der Waals surface area contributed by atoms with Crippen LogP contribution in [0.2, 0.25) is 0 Å². The monoisotopic (exact) mass is 297 g/mol. The van der Waals surface area contributed by atoms with E-state index in [0.717, 1.165) is 16.3 Å². The molecular formula is C11H12BrN3S. The summed E-state index contributed by atoms with van der Waals surface area (Å²) < 4.78 is 0.868. The van der Waals surface area contributed by atoms with Gasteiger partial charge in [0.15, 0.2) is 5.13 Å². The van der Waals surface area contributed by atoms with Gasteiger partial charge >= 0.3 is 0 Å². The summed E-state index contributed by atoms with van der Waals surface area (Å²) in [5.41, 5.74) is 8.07. The van der Waals surface area contributed by atoms with E-state index in [1.807, 2.05) is 17.5 Å². The van der Waals surface area contributed by atoms with Crippen molar-refractivity contribution >= 4 is 32.4 Å². The van der Waals surface area contributed by atoms with Crippen LogP contribution in [0.5, 0.6) is 0 Å². The van der Waals surface area contributed by atoms with Crippen LogP contribution in [0.1, 0.15) is 11.1 Å². The second-order valence-corrected chi connectivity index (χ2v) is 4.97. The molecule has 0 bridgehead atoms. The van der Waals surface area contributed by atoms with Crippen LogP contribution in [-0.2, 0) is 13.1 Å². The predicted molar refractivity (Wildman–Crippen MR) is 71.5 cm³/mol. The van der Waals surface area contributed by atoms with Crippen LogP contribution in [0.4, 0.5) is 5.13 Å². The highest BCUT2D eigenvalue weighted by atomic mass is 79.9. The van der Waals surface area contributed by atoms with Crippen molar-refractivity contribution in [3.63, 3.8) is 0 Å². The minimum Gasteiger partial charge on any atom is -0.357 e. The average Bonchev–Trinajstić information content (AvgIpc) is 2.73. The van der Waals surface area contributed by atoms with Gasteiger partial charge < -0.3 is 11.1 Å². The Balaban J connectivity index is 2.04. The number of benzene rings is 1. The highest BCUT2D eigenvalue weighted by Crippen LogP contribution is 2.20. The number of aromatic nitrogens is 1. The fraction of sp³-hybridized carbons (Fsp3) is 0.182. The van der Waals surface area contributed by atoms with Crippen molar-refractivity contribution in [2.45, 2.75) is 13.1 Å². The Morgan fingerprint density at radius 3 is 2.69 bits per heavy atom. The van der Waals surface area contributed by atoms with Gasteiger partial charge in [-0.3, -0.25) is 0 Å². The number of thiazole rings is 1. The highest BCUT2D eigenvalue weighted by molar-refractivity contribution is 9.10. The molecule has 2 aromatic rings. The fourth-order valence-electron chi connectivity index (χ4n) is 1.44. The van der Waals surface area contributed by atoms with Crippen molar-refractivity contribution in [2.75, 3.05) is 5.32 Å². The Labute approximate surface area is 107 Å². The van der Waals surface area contributed by atoms with E-state index in [4.69, 9.17) is 5.73 Å². The van der Waals surface area contributed by atoms with E-state index in [2.05, 4.69) is 38.4 Å². The van der Waals surface area contributed by atoms with Gasteiger partial charge in [0, 0.05) is 18.5 Å². The average molecular weight is 298 g/mol. The molecule has 0 amide bonds.